The van der Waals surface area contributed by atoms with E-state index in [2.05, 4.69) is 9.82 Å². The van der Waals surface area contributed by atoms with Crippen LogP contribution in [0, 0.1) is 23.0 Å². The van der Waals surface area contributed by atoms with Gasteiger partial charge < -0.3 is 14.3 Å². The molecule has 0 N–H and O–H groups in total. The van der Waals surface area contributed by atoms with E-state index < -0.39 is 23.1 Å². The first-order chi connectivity index (χ1) is 13.9. The van der Waals surface area contributed by atoms with Gasteiger partial charge in [-0.05, 0) is 43.9 Å². The minimum absolute atomic E-state index is 0.269. The number of hydrogen-bond donors (Lipinski definition) is 0. The highest BCUT2D eigenvalue weighted by Crippen LogP contribution is 2.41. The fraction of sp³-hybridized carbons (Fsp3) is 0.400. The van der Waals surface area contributed by atoms with Crippen molar-refractivity contribution in [2.75, 3.05) is 0 Å². The van der Waals surface area contributed by atoms with Gasteiger partial charge in [0, 0.05) is 22.3 Å². The Hall–Kier alpha value is -2.71. The number of nitrogens with zero attached hydrogens (tertiary/aromatic N) is 2. The van der Waals surface area contributed by atoms with Gasteiger partial charge in [0.15, 0.2) is 5.75 Å². The fourth-order valence-corrected chi connectivity index (χ4v) is 4.01. The molecule has 1 aromatic heterocycles. The van der Waals surface area contributed by atoms with Crippen molar-refractivity contribution in [3.05, 3.63) is 68.0 Å². The molecule has 2 heterocycles. The lowest BCUT2D eigenvalue weighted by atomic mass is 10.00. The minimum Gasteiger partial charge on any atom is -0.424 e. The third kappa shape index (κ3) is 4.04. The minimum atomic E-state index is -0.815. The summed E-state index contributed by atoms with van der Waals surface area (Å²) in [6.45, 7) is 2.07. The zero-order chi connectivity index (χ0) is 20.5. The number of fused-ring (bicyclic) bond motifs is 1. The van der Waals surface area contributed by atoms with Gasteiger partial charge in [0.2, 0.25) is 0 Å². The van der Waals surface area contributed by atoms with Crippen LogP contribution in [-0.4, -0.2) is 22.1 Å². The van der Waals surface area contributed by atoms with Crippen LogP contribution in [0.2, 0.25) is 5.02 Å². The van der Waals surface area contributed by atoms with Crippen LogP contribution >= 0.6 is 11.6 Å². The van der Waals surface area contributed by atoms with E-state index >= 15 is 0 Å². The molecule has 2 aliphatic rings. The Labute approximate surface area is 171 Å². The summed E-state index contributed by atoms with van der Waals surface area (Å²) in [5.74, 6) is -0.458. The first-order valence-electron chi connectivity index (χ1n) is 9.30. The van der Waals surface area contributed by atoms with Crippen molar-refractivity contribution in [2.45, 2.75) is 45.0 Å². The molecule has 9 heteroatoms. The maximum Gasteiger partial charge on any atom is 0.314 e. The van der Waals surface area contributed by atoms with Crippen LogP contribution < -0.4 is 4.74 Å². The number of ether oxygens (including phenoxy) is 2. The summed E-state index contributed by atoms with van der Waals surface area (Å²) in [5, 5.41) is 10.3. The molecule has 0 saturated heterocycles. The Bertz CT molecular complexity index is 949. The van der Waals surface area contributed by atoms with Crippen molar-refractivity contribution in [1.29, 1.82) is 0 Å². The van der Waals surface area contributed by atoms with Gasteiger partial charge in [0.05, 0.1) is 18.2 Å². The number of hydrogen-bond acceptors (Lipinski definition) is 7. The van der Waals surface area contributed by atoms with Crippen LogP contribution in [-0.2, 0) is 21.0 Å². The number of halogens is 1. The van der Waals surface area contributed by atoms with E-state index in [1.165, 1.54) is 0 Å². The molecule has 1 aliphatic heterocycles. The quantitative estimate of drug-likeness (QED) is 0.411. The third-order valence-corrected chi connectivity index (χ3v) is 5.61. The first kappa shape index (κ1) is 19.6. The van der Waals surface area contributed by atoms with E-state index in [0.717, 1.165) is 16.7 Å². The maximum atomic E-state index is 12.7. The van der Waals surface area contributed by atoms with Gasteiger partial charge in [0.1, 0.15) is 12.2 Å². The summed E-state index contributed by atoms with van der Waals surface area (Å²) in [6.07, 6.45) is 2.07. The van der Waals surface area contributed by atoms with E-state index in [1.54, 1.807) is 25.3 Å². The fourth-order valence-electron chi connectivity index (χ4n) is 3.89. The van der Waals surface area contributed by atoms with Gasteiger partial charge >= 0.3 is 5.97 Å². The number of aromatic nitrogens is 1. The molecule has 152 valence electrons. The molecule has 0 bridgehead atoms. The van der Waals surface area contributed by atoms with E-state index in [1.807, 2.05) is 12.1 Å². The molecule has 1 fully saturated rings. The largest absolute Gasteiger partial charge is 0.424 e. The van der Waals surface area contributed by atoms with Gasteiger partial charge in [-0.3, -0.25) is 9.78 Å². The molecule has 29 heavy (non-hydrogen) atoms. The van der Waals surface area contributed by atoms with Crippen LogP contribution in [0.1, 0.15) is 47.8 Å². The highest BCUT2D eigenvalue weighted by molar-refractivity contribution is 6.30. The number of carbonyl (C=O) groups is 1. The number of aryl methyl sites for hydroxylation is 1. The second-order valence-corrected chi connectivity index (χ2v) is 7.67. The summed E-state index contributed by atoms with van der Waals surface area (Å²) in [6, 6.07) is 7.37. The SMILES string of the molecule is Cc1ncc2c(c1OC(=O)C1CC[C@@H](O[N+](=O)[O-])C1)CO[C@H]2c1ccc(Cl)cc1. The Morgan fingerprint density at radius 3 is 2.79 bits per heavy atom. The molecule has 1 saturated carbocycles. The summed E-state index contributed by atoms with van der Waals surface area (Å²) in [7, 11) is 0. The Kier molecular flexibility index (Phi) is 5.38. The average Bonchev–Trinajstić information content (AvgIpc) is 3.31. The van der Waals surface area contributed by atoms with Gasteiger partial charge in [-0.25, -0.2) is 0 Å². The molecule has 1 aromatic carbocycles. The van der Waals surface area contributed by atoms with Gasteiger partial charge in [-0.1, -0.05) is 23.7 Å². The molecule has 4 rings (SSSR count). The molecular weight excluding hydrogens is 400 g/mol. The highest BCUT2D eigenvalue weighted by atomic mass is 35.5. The van der Waals surface area contributed by atoms with E-state index in [0.29, 0.717) is 35.9 Å². The molecule has 1 aliphatic carbocycles. The standard InChI is InChI=1S/C20H19ClN2O6/c1-11-18(28-20(24)13-4-7-15(8-13)29-23(25)26)17-10-27-19(16(17)9-22-11)12-2-5-14(21)6-3-12/h2-3,5-6,9,13,15,19H,4,7-8,10H2,1H3/t13?,15-,19+/m1/s1. The Morgan fingerprint density at radius 2 is 2.07 bits per heavy atom. The van der Waals surface area contributed by atoms with Crippen LogP contribution in [0.4, 0.5) is 0 Å². The summed E-state index contributed by atoms with van der Waals surface area (Å²) >= 11 is 5.97. The predicted octanol–water partition coefficient (Wildman–Crippen LogP) is 3.95. The van der Waals surface area contributed by atoms with Crippen LogP contribution in [0.5, 0.6) is 5.75 Å². The van der Waals surface area contributed by atoms with Crippen molar-refractivity contribution in [2.24, 2.45) is 5.92 Å². The number of esters is 1. The summed E-state index contributed by atoms with van der Waals surface area (Å²) in [5.41, 5.74) is 3.17. The number of benzene rings is 1. The third-order valence-electron chi connectivity index (χ3n) is 5.35. The second-order valence-electron chi connectivity index (χ2n) is 7.23. The molecule has 2 aromatic rings. The maximum absolute atomic E-state index is 12.7. The van der Waals surface area contributed by atoms with Crippen LogP contribution in [0.15, 0.2) is 30.5 Å². The first-order valence-corrected chi connectivity index (χ1v) is 9.68. The molecule has 1 unspecified atom stereocenters. The number of rotatable bonds is 5. The van der Waals surface area contributed by atoms with Crippen molar-refractivity contribution >= 4 is 17.6 Å². The number of carbonyl (C=O) groups excluding carboxylic acids is 1. The molecule has 8 nitrogen and oxygen atoms in total. The molecular formula is C20H19ClN2O6. The Balaban J connectivity index is 1.53. The average molecular weight is 419 g/mol. The second kappa shape index (κ2) is 7.96. The smallest absolute Gasteiger partial charge is 0.314 e. The van der Waals surface area contributed by atoms with Gasteiger partial charge in [0.25, 0.3) is 5.09 Å². The lowest BCUT2D eigenvalue weighted by Crippen LogP contribution is -2.21. The van der Waals surface area contributed by atoms with Crippen molar-refractivity contribution in [3.8, 4) is 5.75 Å². The predicted molar refractivity (Wildman–Crippen MR) is 102 cm³/mol. The molecule has 0 spiro atoms. The molecule has 0 amide bonds. The van der Waals surface area contributed by atoms with Gasteiger partial charge in [-0.15, -0.1) is 10.1 Å². The summed E-state index contributed by atoms with van der Waals surface area (Å²) < 4.78 is 11.6. The lowest BCUT2D eigenvalue weighted by molar-refractivity contribution is -0.768. The van der Waals surface area contributed by atoms with Gasteiger partial charge in [-0.2, -0.15) is 0 Å². The summed E-state index contributed by atoms with van der Waals surface area (Å²) in [4.78, 5) is 32.1. The number of pyridine rings is 1. The van der Waals surface area contributed by atoms with E-state index in [4.69, 9.17) is 21.1 Å². The Morgan fingerprint density at radius 1 is 1.31 bits per heavy atom. The molecule has 3 atom stereocenters. The van der Waals surface area contributed by atoms with Crippen molar-refractivity contribution < 1.29 is 24.2 Å². The van der Waals surface area contributed by atoms with E-state index in [9.17, 15) is 14.9 Å². The lowest BCUT2D eigenvalue weighted by Gasteiger charge is -2.15. The highest BCUT2D eigenvalue weighted by Gasteiger charge is 2.35. The normalized spacial score (nSPS) is 22.9. The van der Waals surface area contributed by atoms with Crippen LogP contribution in [0.25, 0.3) is 0 Å². The van der Waals surface area contributed by atoms with Crippen molar-refractivity contribution in [1.82, 2.24) is 4.98 Å². The monoisotopic (exact) mass is 418 g/mol. The van der Waals surface area contributed by atoms with E-state index in [-0.39, 0.29) is 12.5 Å². The van der Waals surface area contributed by atoms with Crippen molar-refractivity contribution in [3.63, 3.8) is 0 Å². The zero-order valence-corrected chi connectivity index (χ0v) is 16.4. The van der Waals surface area contributed by atoms with Crippen LogP contribution in [0.3, 0.4) is 0 Å². The topological polar surface area (TPSA) is 101 Å². The zero-order valence-electron chi connectivity index (χ0n) is 15.7. The molecule has 0 radical (unpaired) electrons.